The van der Waals surface area contributed by atoms with Gasteiger partial charge in [-0.3, -0.25) is 5.32 Å². The molecule has 0 aliphatic carbocycles. The molecule has 1 N–H and O–H groups in total. The lowest BCUT2D eigenvalue weighted by molar-refractivity contribution is 0.187. The highest BCUT2D eigenvalue weighted by Crippen LogP contribution is 2.26. The number of amides is 1. The van der Waals surface area contributed by atoms with Gasteiger partial charge in [-0.2, -0.15) is 0 Å². The number of aryl methyl sites for hydroxylation is 2. The Labute approximate surface area is 144 Å². The Balaban J connectivity index is 1.69. The Bertz CT molecular complexity index is 889. The lowest BCUT2D eigenvalue weighted by Gasteiger charge is -2.10. The summed E-state index contributed by atoms with van der Waals surface area (Å²) in [5.74, 6) is 0.735. The van der Waals surface area contributed by atoms with Gasteiger partial charge in [-0.05, 0) is 55.3 Å². The van der Waals surface area contributed by atoms with Gasteiger partial charge in [0.1, 0.15) is 17.4 Å². The van der Waals surface area contributed by atoms with Crippen molar-refractivity contribution in [3.05, 3.63) is 52.5 Å². The summed E-state index contributed by atoms with van der Waals surface area (Å²) in [6.07, 6.45) is -0.489. The number of hydrogen-bond acceptors (Lipinski definition) is 5. The molecule has 0 saturated carbocycles. The molecule has 124 valence electrons. The first-order chi connectivity index (χ1) is 11.5. The number of nitrogens with one attached hydrogen (secondary N) is 1. The van der Waals surface area contributed by atoms with Crippen molar-refractivity contribution in [2.24, 2.45) is 0 Å². The predicted octanol–water partition coefficient (Wildman–Crippen LogP) is 4.67. The van der Waals surface area contributed by atoms with Gasteiger partial charge in [0.15, 0.2) is 0 Å². The van der Waals surface area contributed by atoms with Crippen LogP contribution in [0.4, 0.5) is 10.5 Å². The number of rotatable bonds is 4. The number of ether oxygens (including phenoxy) is 2. The van der Waals surface area contributed by atoms with Crippen molar-refractivity contribution in [2.75, 3.05) is 12.4 Å². The van der Waals surface area contributed by atoms with Gasteiger partial charge in [-0.25, -0.2) is 9.78 Å². The van der Waals surface area contributed by atoms with Crippen molar-refractivity contribution in [1.29, 1.82) is 0 Å². The molecule has 5 nitrogen and oxygen atoms in total. The molecular formula is C18H18N2O3S. The first kappa shape index (κ1) is 16.3. The quantitative estimate of drug-likeness (QED) is 0.748. The van der Waals surface area contributed by atoms with Crippen LogP contribution in [0.15, 0.2) is 36.4 Å². The van der Waals surface area contributed by atoms with E-state index in [9.17, 15) is 4.79 Å². The van der Waals surface area contributed by atoms with Crippen LogP contribution >= 0.6 is 11.3 Å². The summed E-state index contributed by atoms with van der Waals surface area (Å²) in [5, 5.41) is 3.59. The third-order valence-corrected chi connectivity index (χ3v) is 4.56. The molecule has 3 rings (SSSR count). The fraction of sp³-hybridized carbons (Fsp3) is 0.222. The van der Waals surface area contributed by atoms with Gasteiger partial charge in [0.25, 0.3) is 0 Å². The fourth-order valence-electron chi connectivity index (χ4n) is 2.31. The number of carbonyl (C=O) groups excluding carboxylic acids is 1. The number of methoxy groups -OCH3 is 1. The van der Waals surface area contributed by atoms with E-state index in [2.05, 4.69) is 34.1 Å². The molecule has 0 atom stereocenters. The normalized spacial score (nSPS) is 10.6. The van der Waals surface area contributed by atoms with E-state index in [1.165, 1.54) is 17.4 Å². The zero-order valence-corrected chi connectivity index (χ0v) is 14.6. The number of fused-ring (bicyclic) bond motifs is 1. The molecule has 24 heavy (non-hydrogen) atoms. The molecule has 6 heteroatoms. The van der Waals surface area contributed by atoms with E-state index >= 15 is 0 Å². The second kappa shape index (κ2) is 6.88. The minimum Gasteiger partial charge on any atom is -0.486 e. The van der Waals surface area contributed by atoms with Gasteiger partial charge in [0, 0.05) is 5.69 Å². The Hall–Kier alpha value is -2.60. The molecule has 0 radical (unpaired) electrons. The van der Waals surface area contributed by atoms with Crippen molar-refractivity contribution in [3.63, 3.8) is 0 Å². The van der Waals surface area contributed by atoms with Crippen LogP contribution in [0.2, 0.25) is 0 Å². The topological polar surface area (TPSA) is 60.5 Å². The van der Waals surface area contributed by atoms with Crippen LogP contribution < -0.4 is 10.1 Å². The van der Waals surface area contributed by atoms with E-state index in [1.807, 2.05) is 25.1 Å². The number of anilines is 1. The second-order valence-electron chi connectivity index (χ2n) is 5.46. The van der Waals surface area contributed by atoms with E-state index < -0.39 is 6.09 Å². The summed E-state index contributed by atoms with van der Waals surface area (Å²) in [5.41, 5.74) is 3.82. The number of benzene rings is 2. The third-order valence-electron chi connectivity index (χ3n) is 3.57. The van der Waals surface area contributed by atoms with Gasteiger partial charge < -0.3 is 9.47 Å². The van der Waals surface area contributed by atoms with Crippen LogP contribution in [0.25, 0.3) is 10.2 Å². The van der Waals surface area contributed by atoms with Gasteiger partial charge >= 0.3 is 6.09 Å². The van der Waals surface area contributed by atoms with E-state index in [4.69, 9.17) is 4.74 Å². The highest BCUT2D eigenvalue weighted by atomic mass is 32.1. The highest BCUT2D eigenvalue weighted by molar-refractivity contribution is 7.18. The van der Waals surface area contributed by atoms with Gasteiger partial charge in [0.2, 0.25) is 0 Å². The first-order valence-electron chi connectivity index (χ1n) is 7.49. The van der Waals surface area contributed by atoms with E-state index in [1.54, 1.807) is 17.4 Å². The molecule has 0 unspecified atom stereocenters. The maximum Gasteiger partial charge on any atom is 0.411 e. The van der Waals surface area contributed by atoms with E-state index in [0.717, 1.165) is 21.8 Å². The summed E-state index contributed by atoms with van der Waals surface area (Å²) in [6, 6.07) is 11.7. The maximum atomic E-state index is 11.3. The smallest absolute Gasteiger partial charge is 0.411 e. The van der Waals surface area contributed by atoms with Crippen LogP contribution in [0.1, 0.15) is 16.1 Å². The molecular weight excluding hydrogens is 324 g/mol. The van der Waals surface area contributed by atoms with Crippen LogP contribution in [0, 0.1) is 13.8 Å². The Morgan fingerprint density at radius 2 is 2.04 bits per heavy atom. The molecule has 0 spiro atoms. The second-order valence-corrected chi connectivity index (χ2v) is 6.58. The number of nitrogens with zero attached hydrogens (tertiary/aromatic N) is 1. The van der Waals surface area contributed by atoms with Crippen molar-refractivity contribution in [3.8, 4) is 5.75 Å². The average molecular weight is 342 g/mol. The van der Waals surface area contributed by atoms with Crippen molar-refractivity contribution in [2.45, 2.75) is 20.5 Å². The Kier molecular flexibility index (Phi) is 4.66. The number of thiazole rings is 1. The molecule has 1 aromatic heterocycles. The average Bonchev–Trinajstić information content (AvgIpc) is 2.97. The largest absolute Gasteiger partial charge is 0.486 e. The predicted molar refractivity (Wildman–Crippen MR) is 95.9 cm³/mol. The molecule has 2 aromatic carbocycles. The summed E-state index contributed by atoms with van der Waals surface area (Å²) in [4.78, 5) is 15.8. The monoisotopic (exact) mass is 342 g/mol. The van der Waals surface area contributed by atoms with Crippen molar-refractivity contribution >= 4 is 33.3 Å². The van der Waals surface area contributed by atoms with Crippen LogP contribution in [-0.4, -0.2) is 18.2 Å². The molecule has 1 amide bonds. The van der Waals surface area contributed by atoms with Gasteiger partial charge in [-0.1, -0.05) is 6.07 Å². The van der Waals surface area contributed by atoms with Crippen LogP contribution in [0.5, 0.6) is 5.75 Å². The van der Waals surface area contributed by atoms with E-state index in [-0.39, 0.29) is 0 Å². The summed E-state index contributed by atoms with van der Waals surface area (Å²) in [7, 11) is 1.33. The Morgan fingerprint density at radius 3 is 2.79 bits per heavy atom. The number of carbonyl (C=O) groups is 1. The molecule has 0 saturated heterocycles. The SMILES string of the molecule is COC(=O)Nc1ccc(OCc2nc3ccc(C)cc3s2)cc1C. The van der Waals surface area contributed by atoms with Crippen LogP contribution in [-0.2, 0) is 11.3 Å². The summed E-state index contributed by atoms with van der Waals surface area (Å²) < 4.78 is 11.6. The zero-order chi connectivity index (χ0) is 17.1. The van der Waals surface area contributed by atoms with Crippen molar-refractivity contribution < 1.29 is 14.3 Å². The number of aromatic nitrogens is 1. The molecule has 3 aromatic rings. The molecule has 0 bridgehead atoms. The minimum atomic E-state index is -0.489. The molecule has 1 heterocycles. The molecule has 0 aliphatic heterocycles. The first-order valence-corrected chi connectivity index (χ1v) is 8.31. The molecule has 0 aliphatic rings. The van der Waals surface area contributed by atoms with E-state index in [0.29, 0.717) is 12.3 Å². The highest BCUT2D eigenvalue weighted by Gasteiger charge is 2.07. The number of hydrogen-bond donors (Lipinski definition) is 1. The van der Waals surface area contributed by atoms with Gasteiger partial charge in [-0.15, -0.1) is 11.3 Å². The lowest BCUT2D eigenvalue weighted by atomic mass is 10.2. The summed E-state index contributed by atoms with van der Waals surface area (Å²) >= 11 is 1.64. The van der Waals surface area contributed by atoms with Crippen LogP contribution in [0.3, 0.4) is 0 Å². The third kappa shape index (κ3) is 3.65. The maximum absolute atomic E-state index is 11.3. The van der Waals surface area contributed by atoms with Crippen molar-refractivity contribution in [1.82, 2.24) is 4.98 Å². The summed E-state index contributed by atoms with van der Waals surface area (Å²) in [6.45, 7) is 4.39. The zero-order valence-electron chi connectivity index (χ0n) is 13.8. The fourth-order valence-corrected chi connectivity index (χ4v) is 3.29. The standard InChI is InChI=1S/C18H18N2O3S/c1-11-4-6-15-16(8-11)24-17(19-15)10-23-13-5-7-14(12(2)9-13)20-18(21)22-3/h4-9H,10H2,1-3H3,(H,20,21). The Morgan fingerprint density at radius 1 is 1.21 bits per heavy atom. The lowest BCUT2D eigenvalue weighted by Crippen LogP contribution is -2.11. The van der Waals surface area contributed by atoms with Gasteiger partial charge in [0.05, 0.1) is 17.3 Å². The molecule has 0 fully saturated rings. The minimum absolute atomic E-state index is 0.418.